The number of fused-ring (bicyclic) bond motifs is 4. The first-order valence-electron chi connectivity index (χ1n) is 10.6. The van der Waals surface area contributed by atoms with Gasteiger partial charge in [-0.2, -0.15) is 0 Å². The van der Waals surface area contributed by atoms with Crippen molar-refractivity contribution in [2.75, 3.05) is 20.6 Å². The molecule has 1 N–H and O–H groups in total. The first-order valence-corrected chi connectivity index (χ1v) is 10.6. The second kappa shape index (κ2) is 7.27. The predicted octanol–water partition coefficient (Wildman–Crippen LogP) is 3.60. The molecule has 0 radical (unpaired) electrons. The average molecular weight is 402 g/mol. The van der Waals surface area contributed by atoms with Crippen LogP contribution in [0.2, 0.25) is 0 Å². The number of hydrogen-bond acceptors (Lipinski definition) is 3. The van der Waals surface area contributed by atoms with Crippen molar-refractivity contribution in [2.24, 2.45) is 0 Å². The minimum absolute atomic E-state index is 0.0366. The molecule has 6 heteroatoms. The molecule has 30 heavy (non-hydrogen) atoms. The lowest BCUT2D eigenvalue weighted by molar-refractivity contribution is 0.0547. The molecule has 1 saturated heterocycles. The third kappa shape index (κ3) is 3.07. The van der Waals surface area contributed by atoms with Crippen LogP contribution in [0.15, 0.2) is 42.7 Å². The predicted molar refractivity (Wildman–Crippen MR) is 116 cm³/mol. The number of amides is 2. The number of aromatic amines is 1. The summed E-state index contributed by atoms with van der Waals surface area (Å²) in [5, 5.41) is 0. The van der Waals surface area contributed by atoms with Gasteiger partial charge in [-0.15, -0.1) is 0 Å². The summed E-state index contributed by atoms with van der Waals surface area (Å²) in [6, 6.07) is 12.0. The molecule has 2 amide bonds. The number of carbonyl (C=O) groups excluding carboxylic acids is 2. The van der Waals surface area contributed by atoms with Crippen LogP contribution in [0.4, 0.5) is 0 Å². The van der Waals surface area contributed by atoms with Crippen molar-refractivity contribution in [3.05, 3.63) is 65.0 Å². The summed E-state index contributed by atoms with van der Waals surface area (Å²) in [5.74, 6) is 0.476. The molecule has 0 saturated carbocycles. The summed E-state index contributed by atoms with van der Waals surface area (Å²) in [5.41, 5.74) is 5.79. The van der Waals surface area contributed by atoms with Crippen molar-refractivity contribution in [1.29, 1.82) is 0 Å². The molecule has 1 aliphatic heterocycles. The van der Waals surface area contributed by atoms with E-state index in [-0.39, 0.29) is 17.9 Å². The number of piperidine rings is 1. The zero-order valence-corrected chi connectivity index (χ0v) is 17.4. The quantitative estimate of drug-likeness (QED) is 0.712. The lowest BCUT2D eigenvalue weighted by Gasteiger charge is -2.45. The number of H-pyrrole nitrogens is 1. The molecular formula is C24H26N4O2. The fourth-order valence-corrected chi connectivity index (χ4v) is 5.14. The van der Waals surface area contributed by atoms with Crippen LogP contribution in [0.3, 0.4) is 0 Å². The van der Waals surface area contributed by atoms with E-state index in [1.54, 1.807) is 25.3 Å². The minimum atomic E-state index is 0.0366. The van der Waals surface area contributed by atoms with Gasteiger partial charge < -0.3 is 14.8 Å². The molecule has 3 aromatic rings. The van der Waals surface area contributed by atoms with Crippen molar-refractivity contribution in [2.45, 2.75) is 37.6 Å². The summed E-state index contributed by atoms with van der Waals surface area (Å²) in [6.45, 7) is 0.799. The molecule has 0 spiro atoms. The maximum Gasteiger partial charge on any atom is 0.254 e. The first kappa shape index (κ1) is 18.9. The van der Waals surface area contributed by atoms with E-state index in [9.17, 15) is 9.59 Å². The number of nitrogens with one attached hydrogen (secondary N) is 1. The third-order valence-electron chi connectivity index (χ3n) is 6.61. The summed E-state index contributed by atoms with van der Waals surface area (Å²) in [7, 11) is 3.56. The molecule has 154 valence electrons. The molecular weight excluding hydrogens is 376 g/mol. The second-order valence-corrected chi connectivity index (χ2v) is 8.60. The first-order chi connectivity index (χ1) is 14.5. The van der Waals surface area contributed by atoms with Gasteiger partial charge in [-0.05, 0) is 67.1 Å². The Morgan fingerprint density at radius 2 is 1.93 bits per heavy atom. The highest BCUT2D eigenvalue weighted by Crippen LogP contribution is 2.41. The molecule has 2 aliphatic rings. The Morgan fingerprint density at radius 1 is 1.10 bits per heavy atom. The van der Waals surface area contributed by atoms with Gasteiger partial charge in [0.1, 0.15) is 0 Å². The van der Waals surface area contributed by atoms with Crippen molar-refractivity contribution in [3.63, 3.8) is 0 Å². The van der Waals surface area contributed by atoms with Gasteiger partial charge in [0.05, 0.1) is 17.4 Å². The van der Waals surface area contributed by atoms with E-state index in [2.05, 4.69) is 27.0 Å². The van der Waals surface area contributed by atoms with E-state index < -0.39 is 0 Å². The Bertz CT molecular complexity index is 1130. The molecule has 1 fully saturated rings. The summed E-state index contributed by atoms with van der Waals surface area (Å²) in [4.78, 5) is 36.8. The van der Waals surface area contributed by atoms with Crippen LogP contribution in [-0.2, 0) is 6.42 Å². The maximum atomic E-state index is 13.4. The SMILES string of the molecule is CN(C)C(=O)c1ccc2c(c1)CCC1C2CCCN1C(=O)c1ccc2nc[nH]c2c1. The van der Waals surface area contributed by atoms with E-state index >= 15 is 0 Å². The van der Waals surface area contributed by atoms with Crippen molar-refractivity contribution < 1.29 is 9.59 Å². The number of imidazole rings is 1. The third-order valence-corrected chi connectivity index (χ3v) is 6.61. The highest BCUT2D eigenvalue weighted by Gasteiger charge is 2.38. The van der Waals surface area contributed by atoms with E-state index in [4.69, 9.17) is 0 Å². The van der Waals surface area contributed by atoms with Crippen LogP contribution in [0.1, 0.15) is 57.0 Å². The van der Waals surface area contributed by atoms with E-state index in [0.717, 1.165) is 48.8 Å². The maximum absolute atomic E-state index is 13.4. The normalized spacial score (nSPS) is 20.5. The Hall–Kier alpha value is -3.15. The molecule has 0 bridgehead atoms. The Labute approximate surface area is 175 Å². The summed E-state index contributed by atoms with van der Waals surface area (Å²) < 4.78 is 0. The fourth-order valence-electron chi connectivity index (χ4n) is 5.14. The standard InChI is InChI=1S/C24H26N4O2/c1-27(2)23(29)16-5-8-18-15(12-16)7-10-22-19(18)4-3-11-28(22)24(30)17-6-9-20-21(13-17)26-14-25-20/h5-6,8-9,12-14,19,22H,3-4,7,10-11H2,1-2H3,(H,25,26). The second-order valence-electron chi connectivity index (χ2n) is 8.60. The largest absolute Gasteiger partial charge is 0.345 e. The van der Waals surface area contributed by atoms with Gasteiger partial charge in [0.25, 0.3) is 11.8 Å². The van der Waals surface area contributed by atoms with Crippen molar-refractivity contribution in [3.8, 4) is 0 Å². The molecule has 5 rings (SSSR count). The molecule has 2 atom stereocenters. The van der Waals surface area contributed by atoms with Gasteiger partial charge in [0, 0.05) is 43.7 Å². The highest BCUT2D eigenvalue weighted by molar-refractivity contribution is 5.97. The molecule has 1 aliphatic carbocycles. The highest BCUT2D eigenvalue weighted by atomic mass is 16.2. The number of likely N-dealkylation sites (tertiary alicyclic amines) is 1. The summed E-state index contributed by atoms with van der Waals surface area (Å²) in [6.07, 6.45) is 5.58. The van der Waals surface area contributed by atoms with Gasteiger partial charge in [0.15, 0.2) is 0 Å². The van der Waals surface area contributed by atoms with Gasteiger partial charge in [-0.1, -0.05) is 6.07 Å². The molecule has 2 heterocycles. The molecule has 6 nitrogen and oxygen atoms in total. The zero-order chi connectivity index (χ0) is 20.8. The van der Waals surface area contributed by atoms with Crippen molar-refractivity contribution >= 4 is 22.8 Å². The van der Waals surface area contributed by atoms with Gasteiger partial charge in [0.2, 0.25) is 0 Å². The summed E-state index contributed by atoms with van der Waals surface area (Å²) >= 11 is 0. The number of aromatic nitrogens is 2. The van der Waals surface area contributed by atoms with Gasteiger partial charge in [-0.3, -0.25) is 9.59 Å². The van der Waals surface area contributed by atoms with Crippen LogP contribution < -0.4 is 0 Å². The number of hydrogen-bond donors (Lipinski definition) is 1. The van der Waals surface area contributed by atoms with Crippen LogP contribution in [0.25, 0.3) is 11.0 Å². The number of benzene rings is 2. The molecule has 2 aromatic carbocycles. The minimum Gasteiger partial charge on any atom is -0.345 e. The van der Waals surface area contributed by atoms with Gasteiger partial charge in [-0.25, -0.2) is 4.98 Å². The van der Waals surface area contributed by atoms with E-state index in [0.29, 0.717) is 11.5 Å². The van der Waals surface area contributed by atoms with Crippen LogP contribution in [-0.4, -0.2) is 58.3 Å². The van der Waals surface area contributed by atoms with Crippen LogP contribution in [0.5, 0.6) is 0 Å². The van der Waals surface area contributed by atoms with Crippen LogP contribution in [0, 0.1) is 0 Å². The van der Waals surface area contributed by atoms with Crippen LogP contribution >= 0.6 is 0 Å². The topological polar surface area (TPSA) is 69.3 Å². The Morgan fingerprint density at radius 3 is 2.77 bits per heavy atom. The number of aryl methyl sites for hydroxylation is 1. The lowest BCUT2D eigenvalue weighted by atomic mass is 9.73. The molecule has 1 aromatic heterocycles. The van der Waals surface area contributed by atoms with E-state index in [1.807, 2.05) is 24.3 Å². The van der Waals surface area contributed by atoms with Crippen molar-refractivity contribution in [1.82, 2.24) is 19.8 Å². The smallest absolute Gasteiger partial charge is 0.254 e. The Balaban J connectivity index is 1.43. The number of rotatable bonds is 2. The lowest BCUT2D eigenvalue weighted by Crippen LogP contribution is -2.49. The van der Waals surface area contributed by atoms with E-state index in [1.165, 1.54) is 11.1 Å². The monoisotopic (exact) mass is 402 g/mol. The number of carbonyl (C=O) groups is 2. The fraction of sp³-hybridized carbons (Fsp3) is 0.375. The number of nitrogens with zero attached hydrogens (tertiary/aromatic N) is 3. The Kier molecular flexibility index (Phi) is 4.57. The zero-order valence-electron chi connectivity index (χ0n) is 17.4. The molecule has 2 unspecified atom stereocenters. The average Bonchev–Trinajstić information content (AvgIpc) is 3.25. The van der Waals surface area contributed by atoms with Gasteiger partial charge >= 0.3 is 0 Å².